The van der Waals surface area contributed by atoms with Crippen molar-refractivity contribution in [2.75, 3.05) is 34.4 Å². The van der Waals surface area contributed by atoms with Crippen LogP contribution in [0.15, 0.2) is 78.9 Å². The summed E-state index contributed by atoms with van der Waals surface area (Å²) in [6.07, 6.45) is 0.186. The van der Waals surface area contributed by atoms with Crippen molar-refractivity contribution in [3.63, 3.8) is 0 Å². The molecule has 8 atom stereocenters. The highest BCUT2D eigenvalue weighted by atomic mass is 16.5. The molecule has 5 rings (SSSR count). The molecule has 0 aromatic heterocycles. The van der Waals surface area contributed by atoms with E-state index in [2.05, 4.69) is 28.1 Å². The Morgan fingerprint density at radius 1 is 0.836 bits per heavy atom. The van der Waals surface area contributed by atoms with Gasteiger partial charge in [0, 0.05) is 33.7 Å². The van der Waals surface area contributed by atoms with Gasteiger partial charge in [0.1, 0.15) is 18.2 Å². The number of hydrogen-bond acceptors (Lipinski definition) is 9. The van der Waals surface area contributed by atoms with Crippen LogP contribution in [0.3, 0.4) is 0 Å². The third-order valence-corrected chi connectivity index (χ3v) is 13.9. The molecular weight excluding hydrogens is 851 g/mol. The first-order valence-electron chi connectivity index (χ1n) is 23.8. The van der Waals surface area contributed by atoms with E-state index in [1.165, 1.54) is 21.1 Å². The Labute approximate surface area is 397 Å². The smallest absolute Gasteiger partial charge is 0.408 e. The first-order valence-corrected chi connectivity index (χ1v) is 23.8. The maximum absolute atomic E-state index is 14.6. The van der Waals surface area contributed by atoms with Gasteiger partial charge in [-0.2, -0.15) is 0 Å². The number of alkyl carbamates (subject to hydrolysis) is 1. The molecule has 1 fully saturated rings. The number of Topliss-reactive ketones (excluding diaryl/α,β-unsaturated/α-hetero) is 1. The van der Waals surface area contributed by atoms with Crippen LogP contribution in [0.25, 0.3) is 11.1 Å². The second-order valence-corrected chi connectivity index (χ2v) is 19.2. The van der Waals surface area contributed by atoms with Crippen LogP contribution in [-0.4, -0.2) is 122 Å². The molecule has 5 amide bonds. The number of carbonyl (C=O) groups excluding carboxylic acids is 6. The van der Waals surface area contributed by atoms with Gasteiger partial charge in [-0.25, -0.2) is 4.79 Å². The Hall–Kier alpha value is -5.60. The number of rotatable bonds is 22. The summed E-state index contributed by atoms with van der Waals surface area (Å²) in [6, 6.07) is 22.9. The lowest BCUT2D eigenvalue weighted by Crippen LogP contribution is -2.62. The van der Waals surface area contributed by atoms with Crippen LogP contribution in [0.2, 0.25) is 0 Å². The highest BCUT2D eigenvalue weighted by Gasteiger charge is 2.44. The van der Waals surface area contributed by atoms with Gasteiger partial charge in [0.05, 0.1) is 42.7 Å². The second-order valence-electron chi connectivity index (χ2n) is 19.2. The number of methoxy groups -OCH3 is 2. The maximum atomic E-state index is 14.6. The van der Waals surface area contributed by atoms with Gasteiger partial charge in [0.15, 0.2) is 5.78 Å². The fraction of sp³-hybridized carbons (Fsp3) is 0.547. The van der Waals surface area contributed by atoms with E-state index in [0.29, 0.717) is 32.2 Å². The first-order chi connectivity index (χ1) is 31.8. The van der Waals surface area contributed by atoms with E-state index >= 15 is 0 Å². The number of hydrogen-bond donors (Lipinski definition) is 3. The van der Waals surface area contributed by atoms with Crippen LogP contribution >= 0.6 is 0 Å². The number of nitrogens with one attached hydrogen (secondary N) is 3. The Bertz CT molecular complexity index is 2150. The van der Waals surface area contributed by atoms with Crippen molar-refractivity contribution in [3.05, 3.63) is 95.6 Å². The largest absolute Gasteiger partial charge is 0.449 e. The Morgan fingerprint density at radius 3 is 1.99 bits per heavy atom. The summed E-state index contributed by atoms with van der Waals surface area (Å²) >= 11 is 0. The summed E-state index contributed by atoms with van der Waals surface area (Å²) in [5.74, 6) is -2.92. The molecule has 0 saturated carbocycles. The van der Waals surface area contributed by atoms with Crippen LogP contribution < -0.4 is 16.0 Å². The number of ketones is 1. The normalized spacial score (nSPS) is 17.8. The second kappa shape index (κ2) is 23.4. The molecule has 2 aliphatic rings. The quantitative estimate of drug-likeness (QED) is 0.0994. The summed E-state index contributed by atoms with van der Waals surface area (Å²) in [7, 11) is 4.72. The minimum absolute atomic E-state index is 0.0457. The summed E-state index contributed by atoms with van der Waals surface area (Å²) in [5, 5.41) is 8.55. The summed E-state index contributed by atoms with van der Waals surface area (Å²) in [6.45, 7) is 14.6. The first kappa shape index (κ1) is 52.4. The number of ether oxygens (including phenoxy) is 3. The molecule has 1 aliphatic heterocycles. The van der Waals surface area contributed by atoms with Gasteiger partial charge < -0.3 is 40.0 Å². The van der Waals surface area contributed by atoms with Crippen molar-refractivity contribution in [2.45, 2.75) is 135 Å². The van der Waals surface area contributed by atoms with Crippen molar-refractivity contribution in [3.8, 4) is 11.1 Å². The van der Waals surface area contributed by atoms with Crippen LogP contribution in [-0.2, 0) is 44.6 Å². The zero-order valence-corrected chi connectivity index (χ0v) is 41.3. The van der Waals surface area contributed by atoms with E-state index in [1.54, 1.807) is 37.6 Å². The number of likely N-dealkylation sites (N-methyl/N-ethyl adjacent to an activating group) is 1. The fourth-order valence-electron chi connectivity index (χ4n) is 9.76. The van der Waals surface area contributed by atoms with Crippen LogP contribution in [0, 0.1) is 17.8 Å². The molecule has 1 heterocycles. The molecule has 1 saturated heterocycles. The van der Waals surface area contributed by atoms with E-state index < -0.39 is 59.8 Å². The van der Waals surface area contributed by atoms with Crippen molar-refractivity contribution >= 4 is 35.5 Å². The molecule has 364 valence electrons. The molecule has 67 heavy (non-hydrogen) atoms. The maximum Gasteiger partial charge on any atom is 0.408 e. The molecule has 14 heteroatoms. The summed E-state index contributed by atoms with van der Waals surface area (Å²) in [5.41, 5.74) is 3.82. The van der Waals surface area contributed by atoms with E-state index in [0.717, 1.165) is 27.8 Å². The lowest BCUT2D eigenvalue weighted by Gasteiger charge is -2.41. The standard InChI is InChI=1S/C53H73N5O9/c1-12-33(4)47(44(65-10)30-45(60)58-28-20-27-43(58)48(66-11)34(5)49(61)54-42(35(6)59)29-36-21-14-13-15-22-36)57(9)50(62)46(32(2)3)55-51(63)53(7,8)56-52(64)67-31-41-39-25-18-16-23-37(39)38-24-17-19-26-40(38)41/h13-19,21-26,32-34,41-44,46-48H,12,20,27-31H2,1-11H3,(H,54,61)(H,55,63)(H,56,64)/t33-,34+,42-,43-,44+,46-,47?,48?/m0/s1. The predicted octanol–water partition coefficient (Wildman–Crippen LogP) is 6.68. The van der Waals surface area contributed by atoms with Gasteiger partial charge in [-0.3, -0.25) is 24.0 Å². The summed E-state index contributed by atoms with van der Waals surface area (Å²) in [4.78, 5) is 85.8. The SMILES string of the molecule is CC[C@H](C)C([C@@H](CC(=O)N1CCC[C@H]1C(OC)[C@@H](C)C(=O)N[C@@H](Cc1ccccc1)C(C)=O)OC)N(C)C(=O)[C@@H](NC(=O)C(C)(C)NC(=O)OCC1c2ccccc2-c2ccccc21)C(C)C. The molecule has 1 aliphatic carbocycles. The monoisotopic (exact) mass is 924 g/mol. The number of amides is 5. The van der Waals surface area contributed by atoms with E-state index in [4.69, 9.17) is 14.2 Å². The highest BCUT2D eigenvalue weighted by molar-refractivity contribution is 5.94. The van der Waals surface area contributed by atoms with Crippen molar-refractivity contribution in [1.29, 1.82) is 0 Å². The van der Waals surface area contributed by atoms with Gasteiger partial charge in [0.25, 0.3) is 0 Å². The van der Waals surface area contributed by atoms with Gasteiger partial charge in [-0.05, 0) is 79.7 Å². The topological polar surface area (TPSA) is 173 Å². The van der Waals surface area contributed by atoms with Crippen LogP contribution in [0.4, 0.5) is 4.79 Å². The Morgan fingerprint density at radius 2 is 1.43 bits per heavy atom. The zero-order valence-electron chi connectivity index (χ0n) is 41.3. The molecule has 14 nitrogen and oxygen atoms in total. The van der Waals surface area contributed by atoms with E-state index in [-0.39, 0.29) is 54.3 Å². The minimum atomic E-state index is -1.45. The molecular formula is C53H73N5O9. The van der Waals surface area contributed by atoms with Gasteiger partial charge in [-0.15, -0.1) is 0 Å². The average molecular weight is 924 g/mol. The number of benzene rings is 3. The van der Waals surface area contributed by atoms with E-state index in [1.807, 2.05) is 94.4 Å². The van der Waals surface area contributed by atoms with Gasteiger partial charge in [-0.1, -0.05) is 120 Å². The van der Waals surface area contributed by atoms with Gasteiger partial charge in [0.2, 0.25) is 23.6 Å². The molecule has 0 bridgehead atoms. The molecule has 0 radical (unpaired) electrons. The molecule has 3 aromatic carbocycles. The predicted molar refractivity (Wildman–Crippen MR) is 258 cm³/mol. The molecule has 2 unspecified atom stereocenters. The van der Waals surface area contributed by atoms with Crippen molar-refractivity contribution in [2.24, 2.45) is 17.8 Å². The lowest BCUT2D eigenvalue weighted by atomic mass is 9.89. The molecule has 3 aromatic rings. The van der Waals surface area contributed by atoms with Crippen molar-refractivity contribution < 1.29 is 43.0 Å². The number of carbonyl (C=O) groups is 6. The molecule has 3 N–H and O–H groups in total. The van der Waals surface area contributed by atoms with Crippen molar-refractivity contribution in [1.82, 2.24) is 25.8 Å². The van der Waals surface area contributed by atoms with E-state index in [9.17, 15) is 28.8 Å². The fourth-order valence-corrected chi connectivity index (χ4v) is 9.76. The Kier molecular flexibility index (Phi) is 18.3. The molecule has 0 spiro atoms. The van der Waals surface area contributed by atoms with Crippen LogP contribution in [0.5, 0.6) is 0 Å². The average Bonchev–Trinajstić information content (AvgIpc) is 3.92. The van der Waals surface area contributed by atoms with Gasteiger partial charge >= 0.3 is 6.09 Å². The number of fused-ring (bicyclic) bond motifs is 3. The zero-order chi connectivity index (χ0) is 49.2. The third-order valence-electron chi connectivity index (χ3n) is 13.9. The Balaban J connectivity index is 1.23. The highest BCUT2D eigenvalue weighted by Crippen LogP contribution is 2.44. The lowest BCUT2D eigenvalue weighted by molar-refractivity contribution is -0.148. The third kappa shape index (κ3) is 12.5. The van der Waals surface area contributed by atoms with Crippen LogP contribution in [0.1, 0.15) is 104 Å². The number of nitrogens with zero attached hydrogens (tertiary/aromatic N) is 2. The minimum Gasteiger partial charge on any atom is -0.449 e. The summed E-state index contributed by atoms with van der Waals surface area (Å²) < 4.78 is 17.8. The number of likely N-dealkylation sites (tertiary alicyclic amines) is 1.